The Morgan fingerprint density at radius 1 is 1.00 bits per heavy atom. The molecule has 1 heteroatoms. The second kappa shape index (κ2) is 15.8. The lowest BCUT2D eigenvalue weighted by Crippen LogP contribution is -1.87. The van der Waals surface area contributed by atoms with Gasteiger partial charge in [-0.3, -0.25) is 0 Å². The molecule has 0 aliphatic carbocycles. The average molecular weight is 252 g/mol. The molecule has 0 bridgehead atoms. The zero-order valence-electron chi connectivity index (χ0n) is 13.5. The molecule has 0 aromatic heterocycles. The van der Waals surface area contributed by atoms with Gasteiger partial charge in [-0.05, 0) is 23.6 Å². The molecule has 1 nitrogen and oxygen atoms in total. The van der Waals surface area contributed by atoms with Crippen molar-refractivity contribution in [3.05, 3.63) is 35.9 Å². The first kappa shape index (κ1) is 22.0. The van der Waals surface area contributed by atoms with E-state index in [-0.39, 0.29) is 0 Å². The van der Waals surface area contributed by atoms with Gasteiger partial charge in [0.15, 0.2) is 0 Å². The fourth-order valence-electron chi connectivity index (χ4n) is 1.10. The van der Waals surface area contributed by atoms with Crippen LogP contribution in [0.4, 0.5) is 0 Å². The Labute approximate surface area is 115 Å². The molecule has 1 aromatic rings. The minimum absolute atomic E-state index is 0.300. The van der Waals surface area contributed by atoms with Gasteiger partial charge >= 0.3 is 0 Å². The molecule has 18 heavy (non-hydrogen) atoms. The van der Waals surface area contributed by atoms with Crippen molar-refractivity contribution >= 4 is 6.08 Å². The number of hydrogen-bond acceptors (Lipinski definition) is 1. The number of aromatic hydroxyl groups is 1. The molecule has 0 radical (unpaired) electrons. The predicted molar refractivity (Wildman–Crippen MR) is 86.3 cm³/mol. The van der Waals surface area contributed by atoms with E-state index in [1.807, 2.05) is 53.7 Å². The Hall–Kier alpha value is -1.24. The maximum absolute atomic E-state index is 9.35. The molecular formula is C17H32O. The highest BCUT2D eigenvalue weighted by Gasteiger charge is 2.01. The Kier molecular flexibility index (Phi) is 19.3. The van der Waals surface area contributed by atoms with Crippen LogP contribution in [-0.4, -0.2) is 5.11 Å². The van der Waals surface area contributed by atoms with Crippen molar-refractivity contribution in [3.63, 3.8) is 0 Å². The third-order valence-electron chi connectivity index (χ3n) is 1.94. The summed E-state index contributed by atoms with van der Waals surface area (Å²) in [4.78, 5) is 0. The summed E-state index contributed by atoms with van der Waals surface area (Å²) in [6.07, 6.45) is 1.67. The number of phenolic OH excluding ortho intramolecular Hbond substituents is 1. The monoisotopic (exact) mass is 252 g/mol. The molecule has 0 fully saturated rings. The normalized spacial score (nSPS) is 7.83. The van der Waals surface area contributed by atoms with E-state index in [9.17, 15) is 5.11 Å². The van der Waals surface area contributed by atoms with E-state index < -0.39 is 0 Å². The smallest absolute Gasteiger partial charge is 0.122 e. The zero-order valence-corrected chi connectivity index (χ0v) is 13.5. The largest absolute Gasteiger partial charge is 0.507 e. The molecule has 0 aliphatic rings. The molecule has 0 spiro atoms. The molecular weight excluding hydrogens is 220 g/mol. The lowest BCUT2D eigenvalue weighted by atomic mass is 10.0. The summed E-state index contributed by atoms with van der Waals surface area (Å²) in [6.45, 7) is 19.9. The minimum atomic E-state index is 0.300. The van der Waals surface area contributed by atoms with Gasteiger partial charge in [-0.2, -0.15) is 0 Å². The fourth-order valence-corrected chi connectivity index (χ4v) is 1.10. The van der Waals surface area contributed by atoms with Gasteiger partial charge in [0, 0.05) is 5.56 Å². The fraction of sp³-hybridized carbons (Fsp3) is 0.529. The molecule has 106 valence electrons. The summed E-state index contributed by atoms with van der Waals surface area (Å²) in [5.41, 5.74) is 2.03. The maximum atomic E-state index is 9.35. The van der Waals surface area contributed by atoms with Crippen molar-refractivity contribution in [1.82, 2.24) is 0 Å². The minimum Gasteiger partial charge on any atom is -0.507 e. The van der Waals surface area contributed by atoms with E-state index in [0.717, 1.165) is 5.56 Å². The van der Waals surface area contributed by atoms with E-state index in [1.165, 1.54) is 5.56 Å². The molecule has 0 heterocycles. The van der Waals surface area contributed by atoms with Gasteiger partial charge in [-0.1, -0.05) is 74.1 Å². The van der Waals surface area contributed by atoms with Crippen LogP contribution in [0.15, 0.2) is 24.8 Å². The van der Waals surface area contributed by atoms with Crippen LogP contribution >= 0.6 is 0 Å². The molecule has 1 rings (SSSR count). The average Bonchev–Trinajstić information content (AvgIpc) is 2.45. The molecule has 0 saturated heterocycles. The number of benzene rings is 1. The third-order valence-corrected chi connectivity index (χ3v) is 1.94. The Balaban J connectivity index is -0.000000328. The summed E-state index contributed by atoms with van der Waals surface area (Å²) >= 11 is 0. The first-order valence-corrected chi connectivity index (χ1v) is 7.10. The first-order valence-electron chi connectivity index (χ1n) is 7.10. The van der Waals surface area contributed by atoms with Gasteiger partial charge in [0.2, 0.25) is 0 Å². The van der Waals surface area contributed by atoms with Gasteiger partial charge < -0.3 is 5.11 Å². The molecule has 0 saturated carbocycles. The molecule has 0 unspecified atom stereocenters. The van der Waals surface area contributed by atoms with E-state index in [2.05, 4.69) is 20.4 Å². The van der Waals surface area contributed by atoms with Crippen molar-refractivity contribution in [3.8, 4) is 5.75 Å². The van der Waals surface area contributed by atoms with Crippen molar-refractivity contribution in [1.29, 1.82) is 0 Å². The molecule has 0 aliphatic heterocycles. The third kappa shape index (κ3) is 8.86. The standard InChI is InChI=1S/C11H14O.3C2H6/c1-4-9-7-10(8(2)3)5-6-11(9)12;3*1-2/h4-8,12H,1H2,2-3H3;3*1-2H3. The van der Waals surface area contributed by atoms with Crippen LogP contribution in [0.3, 0.4) is 0 Å². The molecule has 0 atom stereocenters. The highest BCUT2D eigenvalue weighted by molar-refractivity contribution is 5.56. The van der Waals surface area contributed by atoms with Gasteiger partial charge in [0.05, 0.1) is 0 Å². The Bertz CT molecular complexity index is 288. The first-order chi connectivity index (χ1) is 8.65. The highest BCUT2D eigenvalue weighted by atomic mass is 16.3. The second-order valence-electron chi connectivity index (χ2n) is 3.18. The lowest BCUT2D eigenvalue weighted by Gasteiger charge is -2.07. The van der Waals surface area contributed by atoms with Crippen LogP contribution in [0.2, 0.25) is 0 Å². The van der Waals surface area contributed by atoms with Crippen molar-refractivity contribution in [2.45, 2.75) is 61.3 Å². The number of rotatable bonds is 2. The van der Waals surface area contributed by atoms with Crippen LogP contribution in [0.25, 0.3) is 6.08 Å². The van der Waals surface area contributed by atoms with Crippen LogP contribution in [-0.2, 0) is 0 Å². The van der Waals surface area contributed by atoms with Crippen molar-refractivity contribution < 1.29 is 5.11 Å². The summed E-state index contributed by atoms with van der Waals surface area (Å²) in [6, 6.07) is 5.62. The van der Waals surface area contributed by atoms with E-state index in [1.54, 1.807) is 12.1 Å². The zero-order chi connectivity index (χ0) is 15.1. The summed E-state index contributed by atoms with van der Waals surface area (Å²) in [7, 11) is 0. The van der Waals surface area contributed by atoms with Gasteiger partial charge in [-0.25, -0.2) is 0 Å². The SMILES string of the molecule is C=Cc1cc(C(C)C)ccc1O.CC.CC.CC. The maximum Gasteiger partial charge on any atom is 0.122 e. The quantitative estimate of drug-likeness (QED) is 0.660. The molecule has 1 N–H and O–H groups in total. The van der Waals surface area contributed by atoms with Crippen LogP contribution < -0.4 is 0 Å². The summed E-state index contributed by atoms with van der Waals surface area (Å²) < 4.78 is 0. The summed E-state index contributed by atoms with van der Waals surface area (Å²) in [5, 5.41) is 9.35. The van der Waals surface area contributed by atoms with Crippen LogP contribution in [0.1, 0.15) is 72.4 Å². The molecule has 1 aromatic carbocycles. The Morgan fingerprint density at radius 2 is 1.44 bits per heavy atom. The Morgan fingerprint density at radius 3 is 1.78 bits per heavy atom. The number of hydrogen-bond donors (Lipinski definition) is 1. The van der Waals surface area contributed by atoms with Crippen molar-refractivity contribution in [2.75, 3.05) is 0 Å². The number of phenols is 1. The summed E-state index contributed by atoms with van der Waals surface area (Å²) in [5.74, 6) is 0.790. The van der Waals surface area contributed by atoms with Gasteiger partial charge in [0.25, 0.3) is 0 Å². The van der Waals surface area contributed by atoms with E-state index in [0.29, 0.717) is 11.7 Å². The second-order valence-corrected chi connectivity index (χ2v) is 3.18. The van der Waals surface area contributed by atoms with Crippen LogP contribution in [0, 0.1) is 0 Å². The van der Waals surface area contributed by atoms with Gasteiger partial charge in [-0.15, -0.1) is 0 Å². The predicted octanol–water partition coefficient (Wildman–Crippen LogP) is 6.24. The van der Waals surface area contributed by atoms with Crippen LogP contribution in [0.5, 0.6) is 5.75 Å². The topological polar surface area (TPSA) is 20.2 Å². The van der Waals surface area contributed by atoms with E-state index >= 15 is 0 Å². The lowest BCUT2D eigenvalue weighted by molar-refractivity contribution is 0.473. The molecule has 0 amide bonds. The van der Waals surface area contributed by atoms with E-state index in [4.69, 9.17) is 0 Å². The van der Waals surface area contributed by atoms with Crippen molar-refractivity contribution in [2.24, 2.45) is 0 Å². The van der Waals surface area contributed by atoms with Gasteiger partial charge in [0.1, 0.15) is 5.75 Å². The highest BCUT2D eigenvalue weighted by Crippen LogP contribution is 2.23.